The second kappa shape index (κ2) is 4.62. The molecule has 0 fully saturated rings. The highest BCUT2D eigenvalue weighted by Crippen LogP contribution is 2.03. The number of esters is 1. The van der Waals surface area contributed by atoms with Crippen LogP contribution in [0.5, 0.6) is 0 Å². The topological polar surface area (TPSA) is 46.5 Å². The molecule has 0 aliphatic rings. The molecule has 0 rings (SSSR count). The molecule has 0 saturated carbocycles. The van der Waals surface area contributed by atoms with Crippen LogP contribution in [0.15, 0.2) is 0 Å². The monoisotopic (exact) mass is 214 g/mol. The van der Waals surface area contributed by atoms with E-state index in [1.165, 1.54) is 0 Å². The second-order valence-electron chi connectivity index (χ2n) is 1.64. The van der Waals surface area contributed by atoms with E-state index in [4.69, 9.17) is 5.11 Å². The second-order valence-corrected chi connectivity index (χ2v) is 2.29. The van der Waals surface area contributed by atoms with Gasteiger partial charge in [-0.2, -0.15) is 0 Å². The third-order valence-electron chi connectivity index (χ3n) is 0.933. The number of carbonyl (C=O) groups is 1. The number of aliphatic hydroxyl groups excluding tert-OH is 1. The lowest BCUT2D eigenvalue weighted by atomic mass is 10.2. The highest BCUT2D eigenvalue weighted by atomic mass is 79.9. The fraction of sp³-hybridized carbons (Fsp3) is 0.800. The van der Waals surface area contributed by atoms with Crippen LogP contribution in [0.2, 0.25) is 0 Å². The van der Waals surface area contributed by atoms with E-state index in [0.29, 0.717) is 0 Å². The van der Waals surface area contributed by atoms with E-state index in [2.05, 4.69) is 20.7 Å². The summed E-state index contributed by atoms with van der Waals surface area (Å²) in [5.74, 6) is -0.952. The summed E-state index contributed by atoms with van der Waals surface area (Å²) in [4.78, 5) is 10.4. The first-order valence-electron chi connectivity index (χ1n) is 2.59. The van der Waals surface area contributed by atoms with Crippen LogP contribution in [0.25, 0.3) is 0 Å². The maximum Gasteiger partial charge on any atom is 0.337 e. The molecule has 60 valence electrons. The Bertz CT molecular complexity index is 119. The lowest BCUT2D eigenvalue weighted by Crippen LogP contribution is -2.32. The molecule has 0 heterocycles. The quantitative estimate of drug-likeness (QED) is 0.542. The zero-order valence-electron chi connectivity index (χ0n) is 5.38. The number of halogens is 2. The van der Waals surface area contributed by atoms with Gasteiger partial charge in [0.15, 0.2) is 6.10 Å². The van der Waals surface area contributed by atoms with Crippen molar-refractivity contribution in [1.29, 1.82) is 0 Å². The Morgan fingerprint density at radius 1 is 1.90 bits per heavy atom. The van der Waals surface area contributed by atoms with Crippen LogP contribution in [-0.2, 0) is 9.53 Å². The van der Waals surface area contributed by atoms with Crippen LogP contribution in [0.4, 0.5) is 4.39 Å². The minimum Gasteiger partial charge on any atom is -0.467 e. The van der Waals surface area contributed by atoms with Crippen molar-refractivity contribution in [3.8, 4) is 0 Å². The number of aliphatic hydroxyl groups is 1. The zero-order valence-corrected chi connectivity index (χ0v) is 6.97. The predicted octanol–water partition coefficient (Wildman–Crippen LogP) is 0.253. The van der Waals surface area contributed by atoms with Crippen LogP contribution >= 0.6 is 15.9 Å². The maximum atomic E-state index is 12.4. The standard InChI is InChI=1S/C5H8BrFO3/c1-10-5(9)4(8)3(7)2-6/h3-4,8H,2H2,1H3/t3-,4-/m0/s1. The molecule has 0 radical (unpaired) electrons. The third-order valence-corrected chi connectivity index (χ3v) is 1.55. The number of ether oxygens (including phenoxy) is 1. The molecule has 0 saturated heterocycles. The number of hydrogen-bond donors (Lipinski definition) is 1. The molecule has 3 nitrogen and oxygen atoms in total. The molecule has 0 aromatic rings. The lowest BCUT2D eigenvalue weighted by molar-refractivity contribution is -0.153. The average Bonchev–Trinajstić information content (AvgIpc) is 2.00. The Labute approximate surface area is 66.3 Å². The first-order valence-corrected chi connectivity index (χ1v) is 3.71. The van der Waals surface area contributed by atoms with Gasteiger partial charge in [-0.25, -0.2) is 9.18 Å². The summed E-state index contributed by atoms with van der Waals surface area (Å²) in [6, 6.07) is 0. The summed E-state index contributed by atoms with van der Waals surface area (Å²) in [5, 5.41) is 8.63. The van der Waals surface area contributed by atoms with E-state index >= 15 is 0 Å². The van der Waals surface area contributed by atoms with Crippen molar-refractivity contribution in [2.24, 2.45) is 0 Å². The van der Waals surface area contributed by atoms with Crippen molar-refractivity contribution in [1.82, 2.24) is 0 Å². The lowest BCUT2D eigenvalue weighted by Gasteiger charge is -2.09. The van der Waals surface area contributed by atoms with Gasteiger partial charge in [-0.3, -0.25) is 0 Å². The molecular weight excluding hydrogens is 207 g/mol. The Hall–Kier alpha value is -0.160. The first-order chi connectivity index (χ1) is 4.63. The Kier molecular flexibility index (Phi) is 4.55. The van der Waals surface area contributed by atoms with Crippen LogP contribution < -0.4 is 0 Å². The van der Waals surface area contributed by atoms with Crippen molar-refractivity contribution >= 4 is 21.9 Å². The van der Waals surface area contributed by atoms with Gasteiger partial charge in [0.1, 0.15) is 6.17 Å². The first kappa shape index (κ1) is 9.84. The number of carbonyl (C=O) groups excluding carboxylic acids is 1. The molecule has 10 heavy (non-hydrogen) atoms. The van der Waals surface area contributed by atoms with E-state index in [0.717, 1.165) is 7.11 Å². The SMILES string of the molecule is COC(=O)[C@@H](O)[C@@H](F)CBr. The van der Waals surface area contributed by atoms with E-state index in [1.54, 1.807) is 0 Å². The van der Waals surface area contributed by atoms with Gasteiger partial charge in [0, 0.05) is 5.33 Å². The van der Waals surface area contributed by atoms with E-state index in [-0.39, 0.29) is 5.33 Å². The summed E-state index contributed by atoms with van der Waals surface area (Å²) in [6.45, 7) is 0. The fourth-order valence-corrected chi connectivity index (χ4v) is 0.707. The molecule has 0 aliphatic heterocycles. The van der Waals surface area contributed by atoms with Crippen molar-refractivity contribution < 1.29 is 19.0 Å². The Balaban J connectivity index is 3.81. The van der Waals surface area contributed by atoms with Gasteiger partial charge in [-0.05, 0) is 0 Å². The van der Waals surface area contributed by atoms with E-state index in [1.807, 2.05) is 0 Å². The van der Waals surface area contributed by atoms with Gasteiger partial charge in [0.2, 0.25) is 0 Å². The summed E-state index contributed by atoms with van der Waals surface area (Å²) in [7, 11) is 1.09. The van der Waals surface area contributed by atoms with Crippen LogP contribution in [0.3, 0.4) is 0 Å². The van der Waals surface area contributed by atoms with Gasteiger partial charge in [-0.1, -0.05) is 15.9 Å². The van der Waals surface area contributed by atoms with Crippen molar-refractivity contribution in [3.63, 3.8) is 0 Å². The predicted molar refractivity (Wildman–Crippen MR) is 36.7 cm³/mol. The van der Waals surface area contributed by atoms with Gasteiger partial charge in [-0.15, -0.1) is 0 Å². The fourth-order valence-electron chi connectivity index (χ4n) is 0.353. The van der Waals surface area contributed by atoms with Crippen molar-refractivity contribution in [3.05, 3.63) is 0 Å². The number of rotatable bonds is 3. The van der Waals surface area contributed by atoms with E-state index in [9.17, 15) is 9.18 Å². The molecule has 0 spiro atoms. The van der Waals surface area contributed by atoms with Crippen molar-refractivity contribution in [2.75, 3.05) is 12.4 Å². The minimum atomic E-state index is -1.68. The van der Waals surface area contributed by atoms with Crippen molar-refractivity contribution in [2.45, 2.75) is 12.3 Å². The van der Waals surface area contributed by atoms with Gasteiger partial charge < -0.3 is 9.84 Å². The van der Waals surface area contributed by atoms with Crippen LogP contribution in [-0.4, -0.2) is 35.8 Å². The number of methoxy groups -OCH3 is 1. The van der Waals surface area contributed by atoms with Gasteiger partial charge in [0.25, 0.3) is 0 Å². The molecule has 5 heteroatoms. The summed E-state index contributed by atoms with van der Waals surface area (Å²) < 4.78 is 16.5. The van der Waals surface area contributed by atoms with E-state index < -0.39 is 18.2 Å². The summed E-state index contributed by atoms with van der Waals surface area (Å²) in [5.41, 5.74) is 0. The summed E-state index contributed by atoms with van der Waals surface area (Å²) >= 11 is 2.77. The molecule has 0 unspecified atom stereocenters. The molecule has 0 bridgehead atoms. The Morgan fingerprint density at radius 3 is 2.70 bits per heavy atom. The van der Waals surface area contributed by atoms with Crippen LogP contribution in [0.1, 0.15) is 0 Å². The third kappa shape index (κ3) is 2.62. The maximum absolute atomic E-state index is 12.4. The zero-order chi connectivity index (χ0) is 8.15. The Morgan fingerprint density at radius 2 is 2.40 bits per heavy atom. The molecule has 2 atom stereocenters. The highest BCUT2D eigenvalue weighted by Gasteiger charge is 2.25. The van der Waals surface area contributed by atoms with Gasteiger partial charge >= 0.3 is 5.97 Å². The molecule has 1 N–H and O–H groups in total. The molecule has 0 aliphatic carbocycles. The summed E-state index contributed by atoms with van der Waals surface area (Å²) in [6.07, 6.45) is -3.28. The van der Waals surface area contributed by atoms with Crippen LogP contribution in [0, 0.1) is 0 Å². The molecule has 0 amide bonds. The highest BCUT2D eigenvalue weighted by molar-refractivity contribution is 9.09. The normalized spacial score (nSPS) is 16.0. The molecule has 0 aromatic carbocycles. The average molecular weight is 215 g/mol. The van der Waals surface area contributed by atoms with Gasteiger partial charge in [0.05, 0.1) is 7.11 Å². The minimum absolute atomic E-state index is 0.0801. The molecule has 0 aromatic heterocycles. The number of hydrogen-bond acceptors (Lipinski definition) is 3. The smallest absolute Gasteiger partial charge is 0.337 e. The molecular formula is C5H8BrFO3. The number of alkyl halides is 2. The largest absolute Gasteiger partial charge is 0.467 e.